The van der Waals surface area contributed by atoms with E-state index in [0.29, 0.717) is 20.8 Å². The molecule has 1 aromatic carbocycles. The lowest BCUT2D eigenvalue weighted by molar-refractivity contribution is 0.945. The first-order chi connectivity index (χ1) is 8.06. The maximum atomic E-state index is 11.2. The lowest BCUT2D eigenvalue weighted by Crippen LogP contribution is -2.09. The van der Waals surface area contributed by atoms with E-state index in [-0.39, 0.29) is 11.4 Å². The molecule has 5 nitrogen and oxygen atoms in total. The van der Waals surface area contributed by atoms with Gasteiger partial charge in [0.1, 0.15) is 5.82 Å². The van der Waals surface area contributed by atoms with Crippen LogP contribution in [0.5, 0.6) is 0 Å². The van der Waals surface area contributed by atoms with E-state index in [9.17, 15) is 4.79 Å². The van der Waals surface area contributed by atoms with E-state index in [2.05, 4.69) is 9.97 Å². The van der Waals surface area contributed by atoms with Crippen molar-refractivity contribution in [3.8, 4) is 0 Å². The number of aromatic nitrogens is 2. The Hall–Kier alpha value is -1.66. The number of nitrogens with two attached hydrogens (primary N) is 2. The second kappa shape index (κ2) is 4.68. The highest BCUT2D eigenvalue weighted by Crippen LogP contribution is 2.33. The molecule has 0 aliphatic carbocycles. The normalized spacial score (nSPS) is 10.4. The maximum Gasteiger partial charge on any atom is 0.253 e. The second-order valence-corrected chi connectivity index (χ2v) is 4.67. The van der Waals surface area contributed by atoms with Gasteiger partial charge in [-0.3, -0.25) is 4.79 Å². The van der Waals surface area contributed by atoms with E-state index < -0.39 is 0 Å². The molecule has 0 unspecified atom stereocenters. The summed E-state index contributed by atoms with van der Waals surface area (Å²) in [5.41, 5.74) is 11.4. The van der Waals surface area contributed by atoms with Crippen LogP contribution in [0.3, 0.4) is 0 Å². The Labute approximate surface area is 106 Å². The van der Waals surface area contributed by atoms with Crippen LogP contribution in [-0.2, 0) is 0 Å². The zero-order valence-electron chi connectivity index (χ0n) is 8.61. The SMILES string of the molecule is Nc1cc(=O)[nH]c(Sc2cccc(Cl)c2N)n1. The zero-order valence-corrected chi connectivity index (χ0v) is 10.2. The van der Waals surface area contributed by atoms with Crippen LogP contribution in [0.4, 0.5) is 11.5 Å². The monoisotopic (exact) mass is 268 g/mol. The molecule has 17 heavy (non-hydrogen) atoms. The minimum Gasteiger partial charge on any atom is -0.397 e. The molecular formula is C10H9ClN4OS. The van der Waals surface area contributed by atoms with Crippen molar-refractivity contribution in [1.29, 1.82) is 0 Å². The van der Waals surface area contributed by atoms with Gasteiger partial charge in [0.25, 0.3) is 5.56 Å². The average Bonchev–Trinajstić information content (AvgIpc) is 2.23. The number of nitrogens with one attached hydrogen (secondary N) is 1. The number of para-hydroxylation sites is 1. The van der Waals surface area contributed by atoms with Crippen LogP contribution in [0.1, 0.15) is 0 Å². The number of benzene rings is 1. The Balaban J connectivity index is 2.38. The van der Waals surface area contributed by atoms with Crippen LogP contribution < -0.4 is 17.0 Å². The van der Waals surface area contributed by atoms with Crippen LogP contribution in [0.2, 0.25) is 5.02 Å². The number of nitrogens with zero attached hydrogens (tertiary/aromatic N) is 1. The van der Waals surface area contributed by atoms with Gasteiger partial charge < -0.3 is 16.5 Å². The molecule has 0 spiro atoms. The molecule has 1 aromatic heterocycles. The van der Waals surface area contributed by atoms with Crippen molar-refractivity contribution >= 4 is 34.9 Å². The van der Waals surface area contributed by atoms with Crippen molar-refractivity contribution in [2.75, 3.05) is 11.5 Å². The predicted octanol–water partition coefficient (Wildman–Crippen LogP) is 1.74. The minimum absolute atomic E-state index is 0.164. The van der Waals surface area contributed by atoms with Crippen molar-refractivity contribution in [1.82, 2.24) is 9.97 Å². The molecule has 0 bridgehead atoms. The highest BCUT2D eigenvalue weighted by molar-refractivity contribution is 7.99. The van der Waals surface area contributed by atoms with Gasteiger partial charge in [-0.15, -0.1) is 0 Å². The van der Waals surface area contributed by atoms with E-state index in [0.717, 1.165) is 0 Å². The summed E-state index contributed by atoms with van der Waals surface area (Å²) in [6.07, 6.45) is 0. The molecular weight excluding hydrogens is 260 g/mol. The quantitative estimate of drug-likeness (QED) is 0.569. The minimum atomic E-state index is -0.305. The zero-order chi connectivity index (χ0) is 12.4. The largest absolute Gasteiger partial charge is 0.397 e. The van der Waals surface area contributed by atoms with E-state index in [1.165, 1.54) is 17.8 Å². The summed E-state index contributed by atoms with van der Waals surface area (Å²) < 4.78 is 0. The van der Waals surface area contributed by atoms with Gasteiger partial charge >= 0.3 is 0 Å². The van der Waals surface area contributed by atoms with Gasteiger partial charge in [0.15, 0.2) is 5.16 Å². The van der Waals surface area contributed by atoms with Crippen molar-refractivity contribution in [2.45, 2.75) is 10.1 Å². The summed E-state index contributed by atoms with van der Waals surface area (Å²) in [6.45, 7) is 0. The Bertz CT molecular complexity index is 613. The lowest BCUT2D eigenvalue weighted by atomic mass is 10.3. The molecule has 88 valence electrons. The average molecular weight is 269 g/mol. The van der Waals surface area contributed by atoms with E-state index in [4.69, 9.17) is 23.1 Å². The molecule has 2 rings (SSSR count). The highest BCUT2D eigenvalue weighted by atomic mass is 35.5. The molecule has 1 heterocycles. The fraction of sp³-hybridized carbons (Fsp3) is 0. The summed E-state index contributed by atoms with van der Waals surface area (Å²) in [4.78, 5) is 18.5. The Morgan fingerprint density at radius 2 is 2.12 bits per heavy atom. The third-order valence-electron chi connectivity index (χ3n) is 1.96. The molecule has 0 aliphatic rings. The molecule has 5 N–H and O–H groups in total. The molecule has 0 saturated carbocycles. The van der Waals surface area contributed by atoms with Crippen LogP contribution in [0.15, 0.2) is 39.1 Å². The van der Waals surface area contributed by atoms with Gasteiger partial charge in [-0.25, -0.2) is 4.98 Å². The highest BCUT2D eigenvalue weighted by Gasteiger charge is 2.07. The van der Waals surface area contributed by atoms with Crippen LogP contribution in [0.25, 0.3) is 0 Å². The Morgan fingerprint density at radius 3 is 2.82 bits per heavy atom. The predicted molar refractivity (Wildman–Crippen MR) is 69.3 cm³/mol. The number of hydrogen-bond acceptors (Lipinski definition) is 5. The first-order valence-electron chi connectivity index (χ1n) is 4.65. The van der Waals surface area contributed by atoms with Crippen LogP contribution in [0, 0.1) is 0 Å². The standard InChI is InChI=1S/C10H9ClN4OS/c11-5-2-1-3-6(9(5)13)17-10-14-7(12)4-8(16)15-10/h1-4H,13H2,(H3,12,14,15,16). The summed E-state index contributed by atoms with van der Waals surface area (Å²) in [6, 6.07) is 6.46. The lowest BCUT2D eigenvalue weighted by Gasteiger charge is -2.05. The molecule has 0 amide bonds. The van der Waals surface area contributed by atoms with Gasteiger partial charge in [-0.2, -0.15) is 0 Å². The molecule has 0 aliphatic heterocycles. The van der Waals surface area contributed by atoms with Crippen LogP contribution in [-0.4, -0.2) is 9.97 Å². The molecule has 0 saturated heterocycles. The Morgan fingerprint density at radius 1 is 1.35 bits per heavy atom. The van der Waals surface area contributed by atoms with Gasteiger partial charge in [0.2, 0.25) is 0 Å². The summed E-state index contributed by atoms with van der Waals surface area (Å²) >= 11 is 7.09. The molecule has 0 fully saturated rings. The maximum absolute atomic E-state index is 11.2. The first-order valence-corrected chi connectivity index (χ1v) is 5.84. The summed E-state index contributed by atoms with van der Waals surface area (Å²) in [5, 5.41) is 0.838. The molecule has 0 radical (unpaired) electrons. The number of anilines is 2. The number of halogens is 1. The van der Waals surface area contributed by atoms with Crippen LogP contribution >= 0.6 is 23.4 Å². The topological polar surface area (TPSA) is 97.8 Å². The third-order valence-corrected chi connectivity index (χ3v) is 3.25. The van der Waals surface area contributed by atoms with Crippen molar-refractivity contribution in [3.05, 3.63) is 39.6 Å². The number of aromatic amines is 1. The van der Waals surface area contributed by atoms with Crippen molar-refractivity contribution in [2.24, 2.45) is 0 Å². The fourth-order valence-electron chi connectivity index (χ4n) is 1.21. The number of nitrogen functional groups attached to an aromatic ring is 2. The second-order valence-electron chi connectivity index (χ2n) is 3.23. The van der Waals surface area contributed by atoms with Gasteiger partial charge in [-0.05, 0) is 23.9 Å². The van der Waals surface area contributed by atoms with Crippen molar-refractivity contribution in [3.63, 3.8) is 0 Å². The summed E-state index contributed by atoms with van der Waals surface area (Å²) in [7, 11) is 0. The van der Waals surface area contributed by atoms with E-state index >= 15 is 0 Å². The van der Waals surface area contributed by atoms with E-state index in [1.54, 1.807) is 18.2 Å². The smallest absolute Gasteiger partial charge is 0.253 e. The van der Waals surface area contributed by atoms with Crippen molar-refractivity contribution < 1.29 is 0 Å². The first kappa shape index (κ1) is 11.8. The van der Waals surface area contributed by atoms with E-state index in [1.807, 2.05) is 0 Å². The molecule has 2 aromatic rings. The number of H-pyrrole nitrogens is 1. The molecule has 7 heteroatoms. The fourth-order valence-corrected chi connectivity index (χ4v) is 2.32. The van der Waals surface area contributed by atoms with Gasteiger partial charge in [0, 0.05) is 11.0 Å². The molecule has 0 atom stereocenters. The van der Waals surface area contributed by atoms with Gasteiger partial charge in [-0.1, -0.05) is 17.7 Å². The number of hydrogen-bond donors (Lipinski definition) is 3. The third kappa shape index (κ3) is 2.72. The summed E-state index contributed by atoms with van der Waals surface area (Å²) in [5.74, 6) is 0.164. The van der Waals surface area contributed by atoms with Gasteiger partial charge in [0.05, 0.1) is 10.7 Å². The number of rotatable bonds is 2. The Kier molecular flexibility index (Phi) is 3.26.